The second-order valence-electron chi connectivity index (χ2n) is 7.78. The van der Waals surface area contributed by atoms with Gasteiger partial charge in [0, 0.05) is 34.9 Å². The highest BCUT2D eigenvalue weighted by molar-refractivity contribution is 7.85. The fraction of sp³-hybridized carbons (Fsp3) is 0.409. The van der Waals surface area contributed by atoms with E-state index < -0.39 is 17.2 Å². The summed E-state index contributed by atoms with van der Waals surface area (Å²) in [5.74, 6) is 0.122. The van der Waals surface area contributed by atoms with Crippen molar-refractivity contribution in [3.8, 4) is 5.75 Å². The molecule has 1 aliphatic heterocycles. The number of hydrogen-bond acceptors (Lipinski definition) is 5. The molecule has 5 nitrogen and oxygen atoms in total. The van der Waals surface area contributed by atoms with Gasteiger partial charge in [0.05, 0.1) is 10.2 Å². The molecule has 4 rings (SSSR count). The van der Waals surface area contributed by atoms with Gasteiger partial charge in [0.2, 0.25) is 0 Å². The Bertz CT molecular complexity index is 1140. The number of aryl methyl sites for hydroxylation is 1. The molecule has 172 valence electrons. The Hall–Kier alpha value is -2.17. The first kappa shape index (κ1) is 23.0. The fourth-order valence-corrected chi connectivity index (χ4v) is 6.41. The summed E-state index contributed by atoms with van der Waals surface area (Å²) < 4.78 is 56.4. The Morgan fingerprint density at radius 3 is 2.53 bits per heavy atom. The molecule has 10 heteroatoms. The van der Waals surface area contributed by atoms with Crippen LogP contribution in [0.2, 0.25) is 0 Å². The van der Waals surface area contributed by atoms with Crippen LogP contribution in [0.15, 0.2) is 48.5 Å². The third-order valence-electron chi connectivity index (χ3n) is 5.58. The maximum atomic E-state index is 12.9. The lowest BCUT2D eigenvalue weighted by atomic mass is 10.1. The highest BCUT2D eigenvalue weighted by atomic mass is 32.2. The van der Waals surface area contributed by atoms with Crippen molar-refractivity contribution in [3.05, 3.63) is 58.9 Å². The molecule has 3 aromatic rings. The van der Waals surface area contributed by atoms with Crippen molar-refractivity contribution < 1.29 is 22.1 Å². The lowest BCUT2D eigenvalue weighted by molar-refractivity contribution is -0.274. The molecule has 0 aliphatic carbocycles. The number of hydrogen-bond donors (Lipinski definition) is 1. The summed E-state index contributed by atoms with van der Waals surface area (Å²) in [5, 5.41) is 8.32. The van der Waals surface area contributed by atoms with Crippen molar-refractivity contribution in [2.45, 2.75) is 37.5 Å². The zero-order chi connectivity index (χ0) is 22.7. The summed E-state index contributed by atoms with van der Waals surface area (Å²) in [7, 11) is -1.02. The van der Waals surface area contributed by atoms with E-state index in [2.05, 4.69) is 21.8 Å². The second-order valence-corrected chi connectivity index (χ2v) is 10.6. The molecule has 0 spiro atoms. The zero-order valence-corrected chi connectivity index (χ0v) is 18.9. The molecule has 0 bridgehead atoms. The number of halogens is 3. The highest BCUT2D eigenvalue weighted by Crippen LogP contribution is 2.28. The first-order valence-corrected chi connectivity index (χ1v) is 12.6. The van der Waals surface area contributed by atoms with E-state index in [0.717, 1.165) is 43.8 Å². The van der Waals surface area contributed by atoms with Crippen LogP contribution in [-0.2, 0) is 23.9 Å². The van der Waals surface area contributed by atoms with Crippen LogP contribution in [0, 0.1) is 5.41 Å². The van der Waals surface area contributed by atoms with E-state index in [4.69, 9.17) is 5.41 Å². The molecule has 0 saturated carbocycles. The summed E-state index contributed by atoms with van der Waals surface area (Å²) in [6.07, 6.45) is -3.00. The number of piperidine rings is 1. The van der Waals surface area contributed by atoms with Gasteiger partial charge in [-0.1, -0.05) is 41.7 Å². The van der Waals surface area contributed by atoms with Gasteiger partial charge < -0.3 is 9.30 Å². The summed E-state index contributed by atoms with van der Waals surface area (Å²) in [5.41, 5.74) is 1.93. The number of thiazole rings is 1. The average Bonchev–Trinajstić information content (AvgIpc) is 3.06. The maximum absolute atomic E-state index is 12.9. The third-order valence-corrected chi connectivity index (χ3v) is 8.34. The van der Waals surface area contributed by atoms with Crippen LogP contribution in [0.25, 0.3) is 10.2 Å². The fourth-order valence-electron chi connectivity index (χ4n) is 4.01. The van der Waals surface area contributed by atoms with Gasteiger partial charge in [-0.15, -0.1) is 13.2 Å². The van der Waals surface area contributed by atoms with E-state index in [-0.39, 0.29) is 15.8 Å². The van der Waals surface area contributed by atoms with Gasteiger partial charge >= 0.3 is 6.36 Å². The van der Waals surface area contributed by atoms with E-state index in [1.54, 1.807) is 4.57 Å². The first-order chi connectivity index (χ1) is 15.3. The Labute approximate surface area is 190 Å². The van der Waals surface area contributed by atoms with Crippen LogP contribution in [0.1, 0.15) is 18.4 Å². The first-order valence-electron chi connectivity index (χ1n) is 10.4. The lowest BCUT2D eigenvalue weighted by Gasteiger charge is -2.31. The molecule has 1 saturated heterocycles. The van der Waals surface area contributed by atoms with Gasteiger partial charge in [0.1, 0.15) is 5.75 Å². The molecule has 1 atom stereocenters. The van der Waals surface area contributed by atoms with Gasteiger partial charge in [-0.2, -0.15) is 0 Å². The minimum atomic E-state index is -4.75. The number of rotatable bonds is 7. The summed E-state index contributed by atoms with van der Waals surface area (Å²) >= 11 is 1.08. The molecular weight excluding hydrogens is 459 g/mol. The Morgan fingerprint density at radius 1 is 1.12 bits per heavy atom. The number of alkyl halides is 3. The minimum Gasteiger partial charge on any atom is -0.406 e. The molecule has 1 fully saturated rings. The van der Waals surface area contributed by atoms with E-state index >= 15 is 0 Å². The molecule has 1 unspecified atom stereocenters. The normalized spacial score (nSPS) is 17.0. The van der Waals surface area contributed by atoms with Gasteiger partial charge in [0.15, 0.2) is 4.80 Å². The van der Waals surface area contributed by atoms with Crippen molar-refractivity contribution >= 4 is 32.4 Å². The van der Waals surface area contributed by atoms with Gasteiger partial charge in [-0.05, 0) is 49.7 Å². The molecule has 2 heterocycles. The quantitative estimate of drug-likeness (QED) is 0.539. The van der Waals surface area contributed by atoms with Crippen molar-refractivity contribution in [2.75, 3.05) is 18.8 Å². The molecule has 0 amide bonds. The number of nitrogens with zero attached hydrogens (tertiary/aromatic N) is 2. The van der Waals surface area contributed by atoms with Crippen molar-refractivity contribution in [1.82, 2.24) is 9.47 Å². The number of nitrogens with one attached hydrogen (secondary N) is 1. The molecular formula is C22H24F3N3O2S2. The molecule has 1 aromatic heterocycles. The van der Waals surface area contributed by atoms with E-state index in [1.807, 2.05) is 18.2 Å². The summed E-state index contributed by atoms with van der Waals surface area (Å²) in [6.45, 7) is 3.12. The van der Waals surface area contributed by atoms with Crippen LogP contribution in [0.5, 0.6) is 5.75 Å². The minimum absolute atomic E-state index is 0.133. The maximum Gasteiger partial charge on any atom is 0.573 e. The Morgan fingerprint density at radius 2 is 1.84 bits per heavy atom. The summed E-state index contributed by atoms with van der Waals surface area (Å²) in [4.78, 5) is 2.60. The molecule has 0 radical (unpaired) electrons. The number of benzene rings is 2. The van der Waals surface area contributed by atoms with E-state index in [1.165, 1.54) is 23.8 Å². The number of likely N-dealkylation sites (tertiary alicyclic amines) is 1. The van der Waals surface area contributed by atoms with Gasteiger partial charge in [-0.25, -0.2) is 0 Å². The second kappa shape index (κ2) is 9.76. The van der Waals surface area contributed by atoms with Crippen LogP contribution in [-0.4, -0.2) is 44.1 Å². The van der Waals surface area contributed by atoms with Gasteiger partial charge in [-0.3, -0.25) is 14.5 Å². The van der Waals surface area contributed by atoms with Crippen molar-refractivity contribution in [2.24, 2.45) is 0 Å². The standard InChI is InChI=1S/C22H24F3N3O2S2/c23-22(24,25)30-17-6-7-19-20(14-17)31-21(26)28(19)12-13-32(29)18-8-10-27(11-9-18)15-16-4-2-1-3-5-16/h1-7,14,18,26H,8-13,15H2. The van der Waals surface area contributed by atoms with Crippen LogP contribution < -0.4 is 9.54 Å². The Balaban J connectivity index is 1.33. The highest BCUT2D eigenvalue weighted by Gasteiger charge is 2.31. The predicted molar refractivity (Wildman–Crippen MR) is 120 cm³/mol. The van der Waals surface area contributed by atoms with E-state index in [0.29, 0.717) is 22.5 Å². The van der Waals surface area contributed by atoms with Crippen molar-refractivity contribution in [3.63, 3.8) is 0 Å². The molecule has 2 aromatic carbocycles. The smallest absolute Gasteiger partial charge is 0.406 e. The lowest BCUT2D eigenvalue weighted by Crippen LogP contribution is -2.38. The van der Waals surface area contributed by atoms with Gasteiger partial charge in [0.25, 0.3) is 0 Å². The topological polar surface area (TPSA) is 58.3 Å². The number of fused-ring (bicyclic) bond motifs is 1. The van der Waals surface area contributed by atoms with Crippen LogP contribution in [0.3, 0.4) is 0 Å². The van der Waals surface area contributed by atoms with E-state index in [9.17, 15) is 17.4 Å². The van der Waals surface area contributed by atoms with Crippen LogP contribution in [0.4, 0.5) is 13.2 Å². The molecule has 32 heavy (non-hydrogen) atoms. The third kappa shape index (κ3) is 5.79. The molecule has 1 N–H and O–H groups in total. The Kier molecular flexibility index (Phi) is 7.02. The largest absolute Gasteiger partial charge is 0.573 e. The zero-order valence-electron chi connectivity index (χ0n) is 17.3. The SMILES string of the molecule is N=c1sc2cc(OC(F)(F)F)ccc2n1CCS(=O)C1CCN(Cc2ccccc2)CC1. The van der Waals surface area contributed by atoms with Crippen LogP contribution >= 0.6 is 11.3 Å². The summed E-state index contributed by atoms with van der Waals surface area (Å²) in [6, 6.07) is 14.4. The number of ether oxygens (including phenoxy) is 1. The number of aromatic nitrogens is 1. The predicted octanol–water partition coefficient (Wildman–Crippen LogP) is 4.49. The van der Waals surface area contributed by atoms with Crippen molar-refractivity contribution in [1.29, 1.82) is 5.41 Å². The molecule has 1 aliphatic rings. The average molecular weight is 484 g/mol. The monoisotopic (exact) mass is 483 g/mol.